The van der Waals surface area contributed by atoms with Gasteiger partial charge in [-0.05, 0) is 57.1 Å². The van der Waals surface area contributed by atoms with Crippen LogP contribution in [0.5, 0.6) is 0 Å². The van der Waals surface area contributed by atoms with Crippen molar-refractivity contribution in [3.05, 3.63) is 23.7 Å². The zero-order valence-corrected chi connectivity index (χ0v) is 14.1. The zero-order valence-electron chi connectivity index (χ0n) is 13.3. The van der Waals surface area contributed by atoms with Gasteiger partial charge in [0.05, 0.1) is 5.38 Å². The van der Waals surface area contributed by atoms with E-state index >= 15 is 0 Å². The number of fused-ring (bicyclic) bond motifs is 1. The van der Waals surface area contributed by atoms with Crippen LogP contribution in [0.15, 0.2) is 12.1 Å². The Bertz CT molecular complexity index is 637. The van der Waals surface area contributed by atoms with Crippen LogP contribution in [0.4, 0.5) is 0 Å². The van der Waals surface area contributed by atoms with Crippen molar-refractivity contribution in [2.24, 2.45) is 11.8 Å². The van der Waals surface area contributed by atoms with Crippen LogP contribution in [0, 0.1) is 18.8 Å². The molecule has 3 unspecified atom stereocenters. The predicted molar refractivity (Wildman–Crippen MR) is 87.7 cm³/mol. The van der Waals surface area contributed by atoms with Gasteiger partial charge < -0.3 is 4.57 Å². The van der Waals surface area contributed by atoms with Gasteiger partial charge in [0, 0.05) is 11.7 Å². The molecule has 3 atom stereocenters. The molecule has 1 aliphatic carbocycles. The van der Waals surface area contributed by atoms with Crippen LogP contribution in [0.1, 0.15) is 63.0 Å². The number of hydrogen-bond donors (Lipinski definition) is 0. The lowest BCUT2D eigenvalue weighted by atomic mass is 9.80. The maximum absolute atomic E-state index is 6.40. The molecule has 0 saturated heterocycles. The number of aromatic nitrogens is 3. The van der Waals surface area contributed by atoms with E-state index in [1.807, 2.05) is 19.9 Å². The predicted octanol–water partition coefficient (Wildman–Crippen LogP) is 5.04. The van der Waals surface area contributed by atoms with Crippen molar-refractivity contribution in [2.75, 3.05) is 0 Å². The number of hydrogen-bond acceptors (Lipinski definition) is 2. The molecular weight excluding hydrogens is 282 g/mol. The molecule has 114 valence electrons. The number of imidazole rings is 1. The molecule has 4 heteroatoms. The molecule has 0 N–H and O–H groups in total. The molecule has 1 fully saturated rings. The fourth-order valence-electron chi connectivity index (χ4n) is 3.84. The molecular formula is C17H24ClN3. The number of rotatable bonds is 2. The molecule has 1 aliphatic rings. The summed E-state index contributed by atoms with van der Waals surface area (Å²) in [6, 6.07) is 4.56. The van der Waals surface area contributed by atoms with Crippen molar-refractivity contribution in [1.29, 1.82) is 0 Å². The first-order chi connectivity index (χ1) is 9.95. The lowest BCUT2D eigenvalue weighted by Crippen LogP contribution is -2.24. The highest BCUT2D eigenvalue weighted by molar-refractivity contribution is 6.20. The Morgan fingerprint density at radius 2 is 1.81 bits per heavy atom. The quantitative estimate of drug-likeness (QED) is 0.728. The van der Waals surface area contributed by atoms with Gasteiger partial charge in [-0.3, -0.25) is 0 Å². The Labute approximate surface area is 131 Å². The first-order valence-corrected chi connectivity index (χ1v) is 8.39. The molecule has 1 saturated carbocycles. The van der Waals surface area contributed by atoms with E-state index in [0.29, 0.717) is 6.04 Å². The van der Waals surface area contributed by atoms with Crippen molar-refractivity contribution in [3.63, 3.8) is 0 Å². The summed E-state index contributed by atoms with van der Waals surface area (Å²) >= 11 is 6.40. The normalized spacial score (nSPS) is 28.0. The van der Waals surface area contributed by atoms with Crippen LogP contribution in [-0.2, 0) is 0 Å². The smallest absolute Gasteiger partial charge is 0.160 e. The number of alkyl halides is 1. The first-order valence-electron chi connectivity index (χ1n) is 7.95. The van der Waals surface area contributed by atoms with E-state index in [9.17, 15) is 0 Å². The van der Waals surface area contributed by atoms with Crippen LogP contribution >= 0.6 is 11.6 Å². The molecule has 0 aromatic carbocycles. The topological polar surface area (TPSA) is 30.7 Å². The molecule has 2 aromatic rings. The maximum atomic E-state index is 6.40. The molecule has 0 amide bonds. The van der Waals surface area contributed by atoms with Gasteiger partial charge >= 0.3 is 0 Å². The molecule has 3 nitrogen and oxygen atoms in total. The second-order valence-electron chi connectivity index (χ2n) is 6.82. The maximum Gasteiger partial charge on any atom is 0.160 e. The fraction of sp³-hybridized carbons (Fsp3) is 0.647. The van der Waals surface area contributed by atoms with E-state index in [1.54, 1.807) is 0 Å². The summed E-state index contributed by atoms with van der Waals surface area (Å²) < 4.78 is 2.33. The summed E-state index contributed by atoms with van der Waals surface area (Å²) in [5.74, 6) is 2.47. The average molecular weight is 306 g/mol. The minimum atomic E-state index is -0.0907. The molecule has 0 radical (unpaired) electrons. The van der Waals surface area contributed by atoms with Gasteiger partial charge in [0.25, 0.3) is 0 Å². The van der Waals surface area contributed by atoms with E-state index in [4.69, 9.17) is 21.6 Å². The minimum absolute atomic E-state index is 0.0907. The Hall–Kier alpha value is -1.09. The van der Waals surface area contributed by atoms with Crippen LogP contribution < -0.4 is 0 Å². The average Bonchev–Trinajstić information content (AvgIpc) is 2.76. The van der Waals surface area contributed by atoms with Crippen LogP contribution in [0.25, 0.3) is 11.2 Å². The standard InChI is InChI=1S/C17H24ClN3/c1-10-7-11(2)9-14(8-10)21-16(13(4)18)20-15-6-5-12(3)19-17(15)21/h5-6,10-11,13-14H,7-9H2,1-4H3. The zero-order chi connectivity index (χ0) is 15.1. The van der Waals surface area contributed by atoms with Crippen LogP contribution in [0.2, 0.25) is 0 Å². The van der Waals surface area contributed by atoms with E-state index in [-0.39, 0.29) is 5.38 Å². The summed E-state index contributed by atoms with van der Waals surface area (Å²) in [4.78, 5) is 9.49. The van der Waals surface area contributed by atoms with Gasteiger partial charge in [0.15, 0.2) is 5.65 Å². The van der Waals surface area contributed by atoms with E-state index in [1.165, 1.54) is 19.3 Å². The van der Waals surface area contributed by atoms with Crippen molar-refractivity contribution in [1.82, 2.24) is 14.5 Å². The highest BCUT2D eigenvalue weighted by Gasteiger charge is 2.29. The SMILES string of the molecule is Cc1ccc2nc(C(C)Cl)n(C3CC(C)CC(C)C3)c2n1. The van der Waals surface area contributed by atoms with Crippen LogP contribution in [-0.4, -0.2) is 14.5 Å². The number of halogens is 1. The first kappa shape index (κ1) is 14.8. The summed E-state index contributed by atoms with van der Waals surface area (Å²) in [7, 11) is 0. The molecule has 0 bridgehead atoms. The van der Waals surface area contributed by atoms with Crippen LogP contribution in [0.3, 0.4) is 0 Å². The molecule has 21 heavy (non-hydrogen) atoms. The number of aryl methyl sites for hydroxylation is 1. The largest absolute Gasteiger partial charge is 0.308 e. The van der Waals surface area contributed by atoms with Gasteiger partial charge in [0.1, 0.15) is 11.3 Å². The van der Waals surface area contributed by atoms with Crippen molar-refractivity contribution >= 4 is 22.8 Å². The minimum Gasteiger partial charge on any atom is -0.308 e. The highest BCUT2D eigenvalue weighted by Crippen LogP contribution is 2.39. The van der Waals surface area contributed by atoms with Crippen molar-refractivity contribution in [3.8, 4) is 0 Å². The number of pyridine rings is 1. The number of nitrogens with zero attached hydrogens (tertiary/aromatic N) is 3. The molecule has 0 spiro atoms. The monoisotopic (exact) mass is 305 g/mol. The van der Waals surface area contributed by atoms with Gasteiger partial charge in [-0.15, -0.1) is 11.6 Å². The molecule has 0 aliphatic heterocycles. The van der Waals surface area contributed by atoms with E-state index in [0.717, 1.165) is 34.5 Å². The third kappa shape index (κ3) is 2.80. The second kappa shape index (κ2) is 5.60. The van der Waals surface area contributed by atoms with E-state index < -0.39 is 0 Å². The lowest BCUT2D eigenvalue weighted by Gasteiger charge is -2.33. The summed E-state index contributed by atoms with van der Waals surface area (Å²) in [6.07, 6.45) is 3.71. The Kier molecular flexibility index (Phi) is 3.96. The van der Waals surface area contributed by atoms with Gasteiger partial charge in [-0.25, -0.2) is 9.97 Å². The molecule has 2 heterocycles. The second-order valence-corrected chi connectivity index (χ2v) is 7.48. The Morgan fingerprint density at radius 3 is 2.43 bits per heavy atom. The van der Waals surface area contributed by atoms with E-state index in [2.05, 4.69) is 24.5 Å². The van der Waals surface area contributed by atoms with Gasteiger partial charge in [0.2, 0.25) is 0 Å². The summed E-state index contributed by atoms with van der Waals surface area (Å²) in [5, 5.41) is -0.0907. The third-order valence-electron chi connectivity index (χ3n) is 4.58. The molecule has 3 rings (SSSR count). The van der Waals surface area contributed by atoms with Crippen molar-refractivity contribution in [2.45, 2.75) is 58.4 Å². The fourth-order valence-corrected chi connectivity index (χ4v) is 4.00. The van der Waals surface area contributed by atoms with Gasteiger partial charge in [-0.1, -0.05) is 13.8 Å². The lowest BCUT2D eigenvalue weighted by molar-refractivity contribution is 0.221. The summed E-state index contributed by atoms with van der Waals surface area (Å²) in [6.45, 7) is 8.74. The third-order valence-corrected chi connectivity index (χ3v) is 4.77. The van der Waals surface area contributed by atoms with Gasteiger partial charge in [-0.2, -0.15) is 0 Å². The molecule has 2 aromatic heterocycles. The Morgan fingerprint density at radius 1 is 1.14 bits per heavy atom. The van der Waals surface area contributed by atoms with Crippen molar-refractivity contribution < 1.29 is 0 Å². The summed E-state index contributed by atoms with van der Waals surface area (Å²) in [5.41, 5.74) is 3.01. The highest BCUT2D eigenvalue weighted by atomic mass is 35.5. The Balaban J connectivity index is 2.14.